The molecule has 0 aromatic heterocycles. The van der Waals surface area contributed by atoms with E-state index in [1.54, 1.807) is 13.1 Å². The van der Waals surface area contributed by atoms with Gasteiger partial charge in [0.1, 0.15) is 0 Å². The van der Waals surface area contributed by atoms with Crippen LogP contribution in [0, 0.1) is 5.92 Å². The van der Waals surface area contributed by atoms with Gasteiger partial charge in [0.25, 0.3) is 0 Å². The summed E-state index contributed by atoms with van der Waals surface area (Å²) in [6.45, 7) is 6.07. The van der Waals surface area contributed by atoms with E-state index < -0.39 is 11.7 Å². The lowest BCUT2D eigenvalue weighted by Gasteiger charge is -2.30. The highest BCUT2D eigenvalue weighted by Gasteiger charge is 2.33. The van der Waals surface area contributed by atoms with Crippen molar-refractivity contribution in [1.29, 1.82) is 0 Å². The van der Waals surface area contributed by atoms with Crippen molar-refractivity contribution in [3.8, 4) is 0 Å². The number of halogens is 4. The Balaban J connectivity index is 3.18. The lowest BCUT2D eigenvalue weighted by atomic mass is 10.0. The third-order valence-electron chi connectivity index (χ3n) is 3.53. The molecule has 1 rings (SSSR count). The van der Waals surface area contributed by atoms with Gasteiger partial charge >= 0.3 is 6.18 Å². The molecule has 0 aliphatic carbocycles. The van der Waals surface area contributed by atoms with Crippen molar-refractivity contribution in [1.82, 2.24) is 0 Å². The third-order valence-corrected chi connectivity index (χ3v) is 3.81. The van der Waals surface area contributed by atoms with Gasteiger partial charge in [-0.05, 0) is 30.5 Å². The van der Waals surface area contributed by atoms with Gasteiger partial charge in [0.2, 0.25) is 0 Å². The van der Waals surface area contributed by atoms with Crippen molar-refractivity contribution >= 4 is 17.3 Å². The second kappa shape index (κ2) is 6.04. The molecule has 1 unspecified atom stereocenters. The molecule has 1 nitrogen and oxygen atoms in total. The van der Waals surface area contributed by atoms with E-state index in [1.165, 1.54) is 12.1 Å². The van der Waals surface area contributed by atoms with E-state index in [0.29, 0.717) is 11.6 Å². The van der Waals surface area contributed by atoms with Crippen molar-refractivity contribution in [2.75, 3.05) is 11.9 Å². The first kappa shape index (κ1) is 16.2. The first-order valence-corrected chi connectivity index (χ1v) is 6.70. The van der Waals surface area contributed by atoms with E-state index in [2.05, 4.69) is 0 Å². The standard InChI is InChI=1S/C14H19ClF3N/c1-9(2)10(3)19(4)12-6-5-11(8-15)13(7-12)14(16,17)18/h5-7,9-10H,8H2,1-4H3. The van der Waals surface area contributed by atoms with Crippen LogP contribution in [0.3, 0.4) is 0 Å². The smallest absolute Gasteiger partial charge is 0.372 e. The Kier molecular flexibility index (Phi) is 5.13. The monoisotopic (exact) mass is 293 g/mol. The molecular formula is C14H19ClF3N. The van der Waals surface area contributed by atoms with E-state index in [0.717, 1.165) is 0 Å². The van der Waals surface area contributed by atoms with Gasteiger partial charge in [-0.25, -0.2) is 0 Å². The van der Waals surface area contributed by atoms with Gasteiger partial charge in [0, 0.05) is 24.7 Å². The van der Waals surface area contributed by atoms with Gasteiger partial charge in [-0.1, -0.05) is 19.9 Å². The molecule has 19 heavy (non-hydrogen) atoms. The Morgan fingerprint density at radius 2 is 1.79 bits per heavy atom. The van der Waals surface area contributed by atoms with E-state index in [9.17, 15) is 13.2 Å². The van der Waals surface area contributed by atoms with Crippen LogP contribution in [-0.2, 0) is 12.1 Å². The van der Waals surface area contributed by atoms with Crippen molar-refractivity contribution in [3.05, 3.63) is 29.3 Å². The molecule has 0 aliphatic rings. The summed E-state index contributed by atoms with van der Waals surface area (Å²) >= 11 is 5.57. The maximum absolute atomic E-state index is 13.0. The number of hydrogen-bond acceptors (Lipinski definition) is 1. The van der Waals surface area contributed by atoms with Gasteiger partial charge < -0.3 is 4.90 Å². The summed E-state index contributed by atoms with van der Waals surface area (Å²) in [5, 5.41) is 0. The minimum Gasteiger partial charge on any atom is -0.372 e. The predicted octanol–water partition coefficient (Wildman–Crippen LogP) is 4.92. The summed E-state index contributed by atoms with van der Waals surface area (Å²) in [5.74, 6) is 0.213. The Labute approximate surface area is 117 Å². The highest BCUT2D eigenvalue weighted by atomic mass is 35.5. The van der Waals surface area contributed by atoms with Crippen molar-refractivity contribution in [3.63, 3.8) is 0 Å². The minimum absolute atomic E-state index is 0.114. The number of nitrogens with zero attached hydrogens (tertiary/aromatic N) is 1. The second-order valence-electron chi connectivity index (χ2n) is 5.07. The number of rotatable bonds is 4. The Hall–Kier alpha value is -0.900. The van der Waals surface area contributed by atoms with Crippen molar-refractivity contribution in [2.45, 2.75) is 38.9 Å². The normalized spacial score (nSPS) is 13.7. The fourth-order valence-electron chi connectivity index (χ4n) is 1.85. The molecular weight excluding hydrogens is 275 g/mol. The van der Waals surface area contributed by atoms with Crippen molar-refractivity contribution < 1.29 is 13.2 Å². The zero-order valence-electron chi connectivity index (χ0n) is 11.6. The zero-order valence-corrected chi connectivity index (χ0v) is 12.3. The van der Waals surface area contributed by atoms with Crippen LogP contribution in [0.4, 0.5) is 18.9 Å². The fraction of sp³-hybridized carbons (Fsp3) is 0.571. The molecule has 5 heteroatoms. The lowest BCUT2D eigenvalue weighted by Crippen LogP contribution is -2.33. The van der Waals surface area contributed by atoms with Gasteiger partial charge in [-0.2, -0.15) is 13.2 Å². The zero-order chi connectivity index (χ0) is 14.8. The Morgan fingerprint density at radius 1 is 1.21 bits per heavy atom. The highest BCUT2D eigenvalue weighted by molar-refractivity contribution is 6.17. The highest BCUT2D eigenvalue weighted by Crippen LogP contribution is 2.35. The summed E-state index contributed by atoms with van der Waals surface area (Å²) in [5.41, 5.74) is 0.0220. The fourth-order valence-corrected chi connectivity index (χ4v) is 2.08. The molecule has 1 aromatic rings. The Morgan fingerprint density at radius 3 is 2.21 bits per heavy atom. The van der Waals surface area contributed by atoms with Crippen LogP contribution in [0.1, 0.15) is 31.9 Å². The molecule has 0 radical (unpaired) electrons. The molecule has 1 atom stereocenters. The molecule has 0 heterocycles. The van der Waals surface area contributed by atoms with Crippen molar-refractivity contribution in [2.24, 2.45) is 5.92 Å². The van der Waals surface area contributed by atoms with Crippen LogP contribution < -0.4 is 4.90 Å². The quantitative estimate of drug-likeness (QED) is 0.712. The molecule has 108 valence electrons. The second-order valence-corrected chi connectivity index (χ2v) is 5.34. The summed E-state index contributed by atoms with van der Waals surface area (Å²) in [7, 11) is 1.81. The van der Waals surface area contributed by atoms with Gasteiger partial charge in [-0.3, -0.25) is 0 Å². The first-order chi connectivity index (χ1) is 8.68. The van der Waals surface area contributed by atoms with Gasteiger partial charge in [0.05, 0.1) is 5.56 Å². The number of alkyl halides is 4. The molecule has 0 fully saturated rings. The molecule has 0 saturated carbocycles. The van der Waals surface area contributed by atoms with Crippen LogP contribution >= 0.6 is 11.6 Å². The third kappa shape index (κ3) is 3.78. The van der Waals surface area contributed by atoms with Gasteiger partial charge in [-0.15, -0.1) is 11.6 Å². The molecule has 0 saturated heterocycles. The molecule has 0 bridgehead atoms. The summed E-state index contributed by atoms with van der Waals surface area (Å²) < 4.78 is 38.9. The number of hydrogen-bond donors (Lipinski definition) is 0. The minimum atomic E-state index is -4.37. The largest absolute Gasteiger partial charge is 0.416 e. The van der Waals surface area contributed by atoms with Gasteiger partial charge in [0.15, 0.2) is 0 Å². The van der Waals surface area contributed by atoms with E-state index in [4.69, 9.17) is 11.6 Å². The topological polar surface area (TPSA) is 3.24 Å². The first-order valence-electron chi connectivity index (χ1n) is 6.17. The van der Waals surface area contributed by atoms with Crippen LogP contribution in [0.2, 0.25) is 0 Å². The molecule has 0 spiro atoms. The average Bonchev–Trinajstić information content (AvgIpc) is 2.35. The van der Waals surface area contributed by atoms with Crippen LogP contribution in [-0.4, -0.2) is 13.1 Å². The molecule has 0 amide bonds. The Bertz CT molecular complexity index is 429. The number of anilines is 1. The maximum atomic E-state index is 13.0. The number of benzene rings is 1. The summed E-state index contributed by atoms with van der Waals surface area (Å²) in [6.07, 6.45) is -4.37. The summed E-state index contributed by atoms with van der Waals surface area (Å²) in [6, 6.07) is 4.47. The molecule has 0 aliphatic heterocycles. The molecule has 1 aromatic carbocycles. The lowest BCUT2D eigenvalue weighted by molar-refractivity contribution is -0.138. The predicted molar refractivity (Wildman–Crippen MR) is 73.7 cm³/mol. The van der Waals surface area contributed by atoms with Crippen LogP contribution in [0.5, 0.6) is 0 Å². The van der Waals surface area contributed by atoms with Crippen LogP contribution in [0.15, 0.2) is 18.2 Å². The molecule has 0 N–H and O–H groups in total. The average molecular weight is 294 g/mol. The SMILES string of the molecule is CC(C)C(C)N(C)c1ccc(CCl)c(C(F)(F)F)c1. The van der Waals surface area contributed by atoms with E-state index in [1.807, 2.05) is 25.7 Å². The van der Waals surface area contributed by atoms with Crippen LogP contribution in [0.25, 0.3) is 0 Å². The van der Waals surface area contributed by atoms with E-state index in [-0.39, 0.29) is 17.5 Å². The maximum Gasteiger partial charge on any atom is 0.416 e. The van der Waals surface area contributed by atoms with E-state index >= 15 is 0 Å². The summed E-state index contributed by atoms with van der Waals surface area (Å²) in [4.78, 5) is 1.86.